The molecule has 3 rings (SSSR count). The summed E-state index contributed by atoms with van der Waals surface area (Å²) in [5.74, 6) is 0. The van der Waals surface area contributed by atoms with Gasteiger partial charge in [0, 0.05) is 17.8 Å². The molecule has 0 aliphatic rings. The molecule has 0 spiro atoms. The quantitative estimate of drug-likeness (QED) is 0.502. The van der Waals surface area contributed by atoms with E-state index < -0.39 is 0 Å². The van der Waals surface area contributed by atoms with Crippen molar-refractivity contribution in [3.05, 3.63) is 48.9 Å². The molecule has 2 aromatic heterocycles. The first-order valence-corrected chi connectivity index (χ1v) is 4.18. The molecule has 0 saturated carbocycles. The summed E-state index contributed by atoms with van der Waals surface area (Å²) in [5, 5.41) is 2.39. The van der Waals surface area contributed by atoms with Crippen LogP contribution in [0.5, 0.6) is 0 Å². The van der Waals surface area contributed by atoms with Crippen molar-refractivity contribution < 1.29 is 0 Å². The van der Waals surface area contributed by atoms with Crippen LogP contribution in [0.1, 0.15) is 0 Å². The molecule has 2 heterocycles. The maximum absolute atomic E-state index is 4.18. The average Bonchev–Trinajstić information content (AvgIpc) is 2.65. The van der Waals surface area contributed by atoms with Gasteiger partial charge < -0.3 is 4.40 Å². The second kappa shape index (κ2) is 2.33. The zero-order valence-corrected chi connectivity index (χ0v) is 6.94. The second-order valence-corrected chi connectivity index (χ2v) is 3.00. The van der Waals surface area contributed by atoms with Crippen molar-refractivity contribution >= 4 is 16.4 Å². The minimum atomic E-state index is 0.970. The van der Waals surface area contributed by atoms with Gasteiger partial charge in [-0.2, -0.15) is 0 Å². The molecule has 0 fully saturated rings. The second-order valence-electron chi connectivity index (χ2n) is 3.00. The minimum Gasteiger partial charge on any atom is -0.306 e. The van der Waals surface area contributed by atoms with E-state index in [1.807, 2.05) is 28.9 Å². The Balaban J connectivity index is 2.65. The van der Waals surface area contributed by atoms with Crippen molar-refractivity contribution in [2.24, 2.45) is 0 Å². The van der Waals surface area contributed by atoms with E-state index in [-0.39, 0.29) is 0 Å². The fourth-order valence-corrected chi connectivity index (χ4v) is 1.59. The molecule has 0 N–H and O–H groups in total. The molecule has 0 unspecified atom stereocenters. The number of pyridine rings is 1. The minimum absolute atomic E-state index is 0.970. The van der Waals surface area contributed by atoms with Gasteiger partial charge in [-0.1, -0.05) is 24.3 Å². The fourth-order valence-electron chi connectivity index (χ4n) is 1.59. The van der Waals surface area contributed by atoms with Crippen LogP contribution in [0.25, 0.3) is 16.4 Å². The zero-order chi connectivity index (χ0) is 8.67. The van der Waals surface area contributed by atoms with Crippen LogP contribution in [0.3, 0.4) is 0 Å². The van der Waals surface area contributed by atoms with E-state index in [9.17, 15) is 0 Å². The normalized spacial score (nSPS) is 11.1. The first-order valence-electron chi connectivity index (χ1n) is 4.18. The largest absolute Gasteiger partial charge is 0.306 e. The Labute approximate surface area is 75.5 Å². The van der Waals surface area contributed by atoms with Crippen molar-refractivity contribution in [3.63, 3.8) is 0 Å². The highest BCUT2D eigenvalue weighted by atomic mass is 15.0. The van der Waals surface area contributed by atoms with Crippen molar-refractivity contribution in [2.45, 2.75) is 0 Å². The summed E-state index contributed by atoms with van der Waals surface area (Å²) in [6.07, 6.45) is 6.68. The average molecular weight is 167 g/mol. The van der Waals surface area contributed by atoms with E-state index in [0.29, 0.717) is 0 Å². The van der Waals surface area contributed by atoms with E-state index in [4.69, 9.17) is 0 Å². The Morgan fingerprint density at radius 3 is 3.08 bits per heavy atom. The molecular formula is C11H7N2. The van der Waals surface area contributed by atoms with Gasteiger partial charge in [-0.25, -0.2) is 4.98 Å². The molecule has 2 heteroatoms. The highest BCUT2D eigenvalue weighted by molar-refractivity contribution is 5.93. The molecule has 0 bridgehead atoms. The number of imidazole rings is 1. The third-order valence-corrected chi connectivity index (χ3v) is 2.23. The van der Waals surface area contributed by atoms with Gasteiger partial charge in [0.1, 0.15) is 11.8 Å². The Morgan fingerprint density at radius 1 is 1.15 bits per heavy atom. The Kier molecular flexibility index (Phi) is 1.19. The van der Waals surface area contributed by atoms with Gasteiger partial charge >= 0.3 is 0 Å². The predicted octanol–water partition coefficient (Wildman–Crippen LogP) is 2.29. The third-order valence-electron chi connectivity index (χ3n) is 2.23. The van der Waals surface area contributed by atoms with E-state index in [2.05, 4.69) is 29.4 Å². The maximum Gasteiger partial charge on any atom is 0.145 e. The fraction of sp³-hybridized carbons (Fsp3) is 0. The van der Waals surface area contributed by atoms with Gasteiger partial charge in [-0.15, -0.1) is 0 Å². The molecule has 2 nitrogen and oxygen atoms in total. The summed E-state index contributed by atoms with van der Waals surface area (Å²) in [4.78, 5) is 4.18. The number of benzene rings is 1. The van der Waals surface area contributed by atoms with Crippen LogP contribution in [0, 0.1) is 6.20 Å². The molecule has 0 aliphatic heterocycles. The lowest BCUT2D eigenvalue weighted by molar-refractivity contribution is 1.20. The molecule has 0 saturated heterocycles. The molecule has 13 heavy (non-hydrogen) atoms. The summed E-state index contributed by atoms with van der Waals surface area (Å²) in [6, 6.07) is 10.3. The van der Waals surface area contributed by atoms with E-state index in [1.54, 1.807) is 0 Å². The van der Waals surface area contributed by atoms with Crippen molar-refractivity contribution in [3.8, 4) is 0 Å². The topological polar surface area (TPSA) is 17.3 Å². The summed E-state index contributed by atoms with van der Waals surface area (Å²) in [7, 11) is 0. The molecule has 0 atom stereocenters. The van der Waals surface area contributed by atoms with Crippen molar-refractivity contribution in [2.75, 3.05) is 0 Å². The molecule has 1 aromatic carbocycles. The Bertz CT molecular complexity index is 566. The van der Waals surface area contributed by atoms with Crippen LogP contribution < -0.4 is 0 Å². The first-order chi connectivity index (χ1) is 6.45. The van der Waals surface area contributed by atoms with Gasteiger partial charge in [-0.3, -0.25) is 0 Å². The van der Waals surface area contributed by atoms with E-state index >= 15 is 0 Å². The van der Waals surface area contributed by atoms with Gasteiger partial charge in [0.15, 0.2) is 0 Å². The van der Waals surface area contributed by atoms with Gasteiger partial charge in [0.2, 0.25) is 0 Å². The third kappa shape index (κ3) is 0.855. The lowest BCUT2D eigenvalue weighted by atomic mass is 10.2. The summed E-state index contributed by atoms with van der Waals surface area (Å²) in [5.41, 5.74) is 0.970. The number of nitrogens with zero attached hydrogens (tertiary/aromatic N) is 2. The molecule has 0 amide bonds. The van der Waals surface area contributed by atoms with Crippen LogP contribution in [-0.2, 0) is 0 Å². The highest BCUT2D eigenvalue weighted by Gasteiger charge is 1.98. The lowest BCUT2D eigenvalue weighted by Gasteiger charge is -1.98. The Morgan fingerprint density at radius 2 is 2.08 bits per heavy atom. The monoisotopic (exact) mass is 167 g/mol. The summed E-state index contributed by atoms with van der Waals surface area (Å²) in [6.45, 7) is 0. The number of hydrogen-bond acceptors (Lipinski definition) is 1. The highest BCUT2D eigenvalue weighted by Crippen LogP contribution is 2.17. The first kappa shape index (κ1) is 6.66. The molecule has 3 aromatic rings. The number of hydrogen-bond donors (Lipinski definition) is 0. The van der Waals surface area contributed by atoms with Gasteiger partial charge in [0.25, 0.3) is 0 Å². The van der Waals surface area contributed by atoms with Crippen LogP contribution in [0.2, 0.25) is 0 Å². The SMILES string of the molecule is [c]1cn2ccc3ccccc3c2n1. The lowest BCUT2D eigenvalue weighted by Crippen LogP contribution is -1.83. The smallest absolute Gasteiger partial charge is 0.145 e. The predicted molar refractivity (Wildman–Crippen MR) is 51.5 cm³/mol. The van der Waals surface area contributed by atoms with Gasteiger partial charge in [-0.05, 0) is 11.5 Å². The zero-order valence-electron chi connectivity index (χ0n) is 6.94. The van der Waals surface area contributed by atoms with Crippen molar-refractivity contribution in [1.82, 2.24) is 9.38 Å². The standard InChI is InChI=1S/C11H7N2/c1-2-4-10-9(3-1)5-7-13-8-6-12-11(10)13/h1-5,7-8H. The number of aromatic nitrogens is 2. The van der Waals surface area contributed by atoms with Crippen LogP contribution in [0.15, 0.2) is 42.7 Å². The van der Waals surface area contributed by atoms with Crippen LogP contribution in [-0.4, -0.2) is 9.38 Å². The summed E-state index contributed by atoms with van der Waals surface area (Å²) < 4.78 is 1.97. The molecular weight excluding hydrogens is 160 g/mol. The van der Waals surface area contributed by atoms with Crippen LogP contribution >= 0.6 is 0 Å². The number of fused-ring (bicyclic) bond motifs is 3. The molecule has 61 valence electrons. The molecule has 0 aliphatic carbocycles. The van der Waals surface area contributed by atoms with E-state index in [1.165, 1.54) is 10.8 Å². The Hall–Kier alpha value is -1.83. The maximum atomic E-state index is 4.18. The van der Waals surface area contributed by atoms with Crippen LogP contribution in [0.4, 0.5) is 0 Å². The van der Waals surface area contributed by atoms with Crippen molar-refractivity contribution in [1.29, 1.82) is 0 Å². The van der Waals surface area contributed by atoms with Gasteiger partial charge in [0.05, 0.1) is 0 Å². The number of rotatable bonds is 0. The molecule has 1 radical (unpaired) electrons. The van der Waals surface area contributed by atoms with E-state index in [0.717, 1.165) is 5.65 Å². The summed E-state index contributed by atoms with van der Waals surface area (Å²) >= 11 is 0.